The topological polar surface area (TPSA) is 12.5 Å². The van der Waals surface area contributed by atoms with Gasteiger partial charge in [-0.1, -0.05) is 6.42 Å². The highest BCUT2D eigenvalue weighted by Crippen LogP contribution is 2.24. The first-order valence-electron chi connectivity index (χ1n) is 5.47. The highest BCUT2D eigenvalue weighted by atomic mass is 35.5. The van der Waals surface area contributed by atoms with Crippen LogP contribution in [0.2, 0.25) is 0 Å². The summed E-state index contributed by atoms with van der Waals surface area (Å²) >= 11 is 5.64. The summed E-state index contributed by atoms with van der Waals surface area (Å²) in [7, 11) is 0. The zero-order valence-corrected chi connectivity index (χ0v) is 9.86. The Balaban J connectivity index is 2.12. The molecule has 0 spiro atoms. The number of rotatable bonds is 7. The molecule has 0 aromatic heterocycles. The van der Waals surface area contributed by atoms with Crippen LogP contribution in [0, 0.1) is 0 Å². The molecule has 0 aliphatic heterocycles. The Kier molecular flexibility index (Phi) is 5.86. The molecule has 0 heterocycles. The number of hydrogen-bond acceptors (Lipinski definition) is 2. The van der Waals surface area contributed by atoms with E-state index in [2.05, 4.69) is 9.64 Å². The molecular weight excluding hydrogens is 243 g/mol. The zero-order valence-electron chi connectivity index (χ0n) is 9.10. The zero-order chi connectivity index (χ0) is 12.0. The third kappa shape index (κ3) is 5.37. The van der Waals surface area contributed by atoms with Gasteiger partial charge in [0, 0.05) is 25.0 Å². The number of halogens is 4. The van der Waals surface area contributed by atoms with Crippen molar-refractivity contribution in [2.45, 2.75) is 31.5 Å². The normalized spacial score (nSPS) is 17.8. The molecular formula is C10H17ClF3NO. The molecule has 16 heavy (non-hydrogen) atoms. The average Bonchev–Trinajstić information content (AvgIpc) is 2.08. The fraction of sp³-hybridized carbons (Fsp3) is 1.00. The molecule has 0 aromatic rings. The van der Waals surface area contributed by atoms with Crippen LogP contribution in [0.4, 0.5) is 13.2 Å². The Labute approximate surface area is 98.7 Å². The third-order valence-electron chi connectivity index (χ3n) is 2.75. The molecule has 0 bridgehead atoms. The largest absolute Gasteiger partial charge is 0.411 e. The van der Waals surface area contributed by atoms with Crippen molar-refractivity contribution in [2.75, 3.05) is 32.2 Å². The lowest BCUT2D eigenvalue weighted by Gasteiger charge is -2.37. The lowest BCUT2D eigenvalue weighted by atomic mass is 9.91. The molecule has 0 amide bonds. The van der Waals surface area contributed by atoms with E-state index in [0.717, 1.165) is 19.4 Å². The Morgan fingerprint density at radius 3 is 2.38 bits per heavy atom. The Hall–Kier alpha value is 0. The fourth-order valence-electron chi connectivity index (χ4n) is 1.71. The molecule has 0 atom stereocenters. The summed E-state index contributed by atoms with van der Waals surface area (Å²) in [5.41, 5.74) is 0. The van der Waals surface area contributed by atoms with E-state index < -0.39 is 12.8 Å². The van der Waals surface area contributed by atoms with Gasteiger partial charge < -0.3 is 4.74 Å². The first kappa shape index (κ1) is 14.1. The van der Waals surface area contributed by atoms with Crippen LogP contribution in [-0.4, -0.2) is 49.3 Å². The van der Waals surface area contributed by atoms with Gasteiger partial charge in [0.25, 0.3) is 0 Å². The molecule has 1 aliphatic rings. The summed E-state index contributed by atoms with van der Waals surface area (Å²) in [6.07, 6.45) is -0.785. The van der Waals surface area contributed by atoms with Gasteiger partial charge in [0.05, 0.1) is 6.61 Å². The first-order chi connectivity index (χ1) is 7.53. The minimum Gasteiger partial charge on any atom is -0.371 e. The van der Waals surface area contributed by atoms with Crippen molar-refractivity contribution < 1.29 is 17.9 Å². The van der Waals surface area contributed by atoms with Crippen LogP contribution >= 0.6 is 11.6 Å². The summed E-state index contributed by atoms with van der Waals surface area (Å²) in [6, 6.07) is 0.494. The van der Waals surface area contributed by atoms with Crippen molar-refractivity contribution in [3.63, 3.8) is 0 Å². The highest BCUT2D eigenvalue weighted by Gasteiger charge is 2.28. The smallest absolute Gasteiger partial charge is 0.371 e. The SMILES string of the molecule is FC(F)(F)COCCN(CCCl)C1CCC1. The summed E-state index contributed by atoms with van der Waals surface area (Å²) in [5.74, 6) is 0.510. The predicted molar refractivity (Wildman–Crippen MR) is 56.8 cm³/mol. The van der Waals surface area contributed by atoms with E-state index in [1.807, 2.05) is 0 Å². The molecule has 0 unspecified atom stereocenters. The summed E-state index contributed by atoms with van der Waals surface area (Å²) in [5, 5.41) is 0. The van der Waals surface area contributed by atoms with Gasteiger partial charge in [-0.05, 0) is 12.8 Å². The summed E-state index contributed by atoms with van der Waals surface area (Å²) in [6.45, 7) is 0.217. The second-order valence-corrected chi connectivity index (χ2v) is 4.36. The van der Waals surface area contributed by atoms with E-state index in [-0.39, 0.29) is 6.61 Å². The maximum Gasteiger partial charge on any atom is 0.411 e. The molecule has 6 heteroatoms. The van der Waals surface area contributed by atoms with E-state index in [1.54, 1.807) is 0 Å². The quantitative estimate of drug-likeness (QED) is 0.515. The Bertz CT molecular complexity index is 197. The molecule has 0 N–H and O–H groups in total. The molecule has 0 saturated heterocycles. The molecule has 96 valence electrons. The molecule has 0 radical (unpaired) electrons. The predicted octanol–water partition coefficient (Wildman–Crippen LogP) is 2.66. The van der Waals surface area contributed by atoms with Crippen LogP contribution < -0.4 is 0 Å². The van der Waals surface area contributed by atoms with E-state index in [4.69, 9.17) is 11.6 Å². The summed E-state index contributed by atoms with van der Waals surface area (Å²) < 4.78 is 40.0. The van der Waals surface area contributed by atoms with Crippen molar-refractivity contribution in [3.05, 3.63) is 0 Å². The van der Waals surface area contributed by atoms with E-state index in [1.165, 1.54) is 6.42 Å². The Morgan fingerprint density at radius 1 is 1.25 bits per heavy atom. The van der Waals surface area contributed by atoms with Crippen LogP contribution in [0.1, 0.15) is 19.3 Å². The minimum atomic E-state index is -4.23. The third-order valence-corrected chi connectivity index (χ3v) is 2.92. The molecule has 1 aliphatic carbocycles. The number of ether oxygens (including phenoxy) is 1. The number of alkyl halides is 4. The molecule has 2 nitrogen and oxygen atoms in total. The van der Waals surface area contributed by atoms with Crippen molar-refractivity contribution in [1.82, 2.24) is 4.90 Å². The number of nitrogens with zero attached hydrogens (tertiary/aromatic N) is 1. The number of hydrogen-bond donors (Lipinski definition) is 0. The van der Waals surface area contributed by atoms with Crippen LogP contribution in [0.3, 0.4) is 0 Å². The van der Waals surface area contributed by atoms with Crippen LogP contribution in [-0.2, 0) is 4.74 Å². The van der Waals surface area contributed by atoms with Crippen molar-refractivity contribution in [1.29, 1.82) is 0 Å². The van der Waals surface area contributed by atoms with Gasteiger partial charge in [-0.15, -0.1) is 11.6 Å². The fourth-order valence-corrected chi connectivity index (χ4v) is 1.92. The maximum absolute atomic E-state index is 11.8. The standard InChI is InChI=1S/C10H17ClF3NO/c11-4-5-15(9-2-1-3-9)6-7-16-8-10(12,13)14/h9H,1-8H2. The van der Waals surface area contributed by atoms with Crippen LogP contribution in [0.5, 0.6) is 0 Å². The van der Waals surface area contributed by atoms with Gasteiger partial charge in [-0.2, -0.15) is 13.2 Å². The van der Waals surface area contributed by atoms with Gasteiger partial charge in [-0.3, -0.25) is 4.90 Å². The second kappa shape index (κ2) is 6.67. The van der Waals surface area contributed by atoms with Gasteiger partial charge in [0.1, 0.15) is 6.61 Å². The van der Waals surface area contributed by atoms with Crippen LogP contribution in [0.25, 0.3) is 0 Å². The van der Waals surface area contributed by atoms with Gasteiger partial charge in [-0.25, -0.2) is 0 Å². The van der Waals surface area contributed by atoms with Crippen molar-refractivity contribution in [3.8, 4) is 0 Å². The molecule has 1 saturated carbocycles. The van der Waals surface area contributed by atoms with Crippen molar-refractivity contribution in [2.24, 2.45) is 0 Å². The molecule has 1 rings (SSSR count). The van der Waals surface area contributed by atoms with Gasteiger partial charge >= 0.3 is 6.18 Å². The summed E-state index contributed by atoms with van der Waals surface area (Å²) in [4.78, 5) is 2.12. The van der Waals surface area contributed by atoms with E-state index >= 15 is 0 Å². The average molecular weight is 260 g/mol. The van der Waals surface area contributed by atoms with Crippen molar-refractivity contribution >= 4 is 11.6 Å². The second-order valence-electron chi connectivity index (χ2n) is 3.98. The minimum absolute atomic E-state index is 0.118. The van der Waals surface area contributed by atoms with E-state index in [0.29, 0.717) is 18.5 Å². The molecule has 0 aromatic carbocycles. The van der Waals surface area contributed by atoms with Gasteiger partial charge in [0.15, 0.2) is 0 Å². The van der Waals surface area contributed by atoms with Crippen LogP contribution in [0.15, 0.2) is 0 Å². The maximum atomic E-state index is 11.8. The monoisotopic (exact) mass is 259 g/mol. The lowest BCUT2D eigenvalue weighted by Crippen LogP contribution is -2.43. The van der Waals surface area contributed by atoms with E-state index in [9.17, 15) is 13.2 Å². The first-order valence-corrected chi connectivity index (χ1v) is 6.01. The highest BCUT2D eigenvalue weighted by molar-refractivity contribution is 6.18. The Morgan fingerprint density at radius 2 is 1.94 bits per heavy atom. The lowest BCUT2D eigenvalue weighted by molar-refractivity contribution is -0.175. The molecule has 1 fully saturated rings. The van der Waals surface area contributed by atoms with Gasteiger partial charge in [0.2, 0.25) is 0 Å².